The van der Waals surface area contributed by atoms with E-state index in [-0.39, 0.29) is 5.78 Å². The number of piperidine rings is 1. The number of ether oxygens (including phenoxy) is 1. The Morgan fingerprint density at radius 1 is 1.30 bits per heavy atom. The van der Waals surface area contributed by atoms with Crippen molar-refractivity contribution in [3.8, 4) is 5.75 Å². The first-order chi connectivity index (χ1) is 11.0. The summed E-state index contributed by atoms with van der Waals surface area (Å²) in [6.45, 7) is 11.9. The molecular weight excluding hydrogens is 286 g/mol. The van der Waals surface area contributed by atoms with Crippen molar-refractivity contribution in [2.75, 3.05) is 26.2 Å². The van der Waals surface area contributed by atoms with E-state index in [1.54, 1.807) is 0 Å². The van der Waals surface area contributed by atoms with E-state index in [4.69, 9.17) is 4.74 Å². The molecule has 1 heterocycles. The number of benzene rings is 1. The third-order valence-corrected chi connectivity index (χ3v) is 4.68. The smallest absolute Gasteiger partial charge is 0.180 e. The normalized spacial score (nSPS) is 16.7. The van der Waals surface area contributed by atoms with E-state index in [1.165, 1.54) is 18.4 Å². The van der Waals surface area contributed by atoms with E-state index in [0.29, 0.717) is 19.1 Å². The summed E-state index contributed by atoms with van der Waals surface area (Å²) in [5.41, 5.74) is 1.95. The molecule has 23 heavy (non-hydrogen) atoms. The van der Waals surface area contributed by atoms with Crippen molar-refractivity contribution in [1.29, 1.82) is 0 Å². The second-order valence-electron chi connectivity index (χ2n) is 7.14. The quantitative estimate of drug-likeness (QED) is 0.693. The zero-order valence-corrected chi connectivity index (χ0v) is 15.1. The summed E-state index contributed by atoms with van der Waals surface area (Å²) in [6, 6.07) is 6.08. The van der Waals surface area contributed by atoms with Gasteiger partial charge in [0, 0.05) is 0 Å². The zero-order valence-electron chi connectivity index (χ0n) is 15.1. The summed E-state index contributed by atoms with van der Waals surface area (Å²) in [6.07, 6.45) is 3.33. The highest BCUT2D eigenvalue weighted by molar-refractivity contribution is 6.00. The van der Waals surface area contributed by atoms with Crippen LogP contribution in [0.1, 0.15) is 68.8 Å². The maximum atomic E-state index is 12.8. The zero-order chi connectivity index (χ0) is 16.8. The SMILES string of the molecule is CCCOc1ccc(C(C)C)cc1C(=O)CN1CCC(C)CC1. The monoisotopic (exact) mass is 317 g/mol. The van der Waals surface area contributed by atoms with E-state index in [0.717, 1.165) is 36.7 Å². The molecule has 0 radical (unpaired) electrons. The minimum atomic E-state index is 0.188. The highest BCUT2D eigenvalue weighted by atomic mass is 16.5. The molecule has 1 aromatic rings. The molecule has 0 N–H and O–H groups in total. The Kier molecular flexibility index (Phi) is 6.64. The lowest BCUT2D eigenvalue weighted by molar-refractivity contribution is 0.0895. The van der Waals surface area contributed by atoms with Gasteiger partial charge < -0.3 is 4.74 Å². The predicted octanol–water partition coefficient (Wildman–Crippen LogP) is 4.51. The Morgan fingerprint density at radius 3 is 2.61 bits per heavy atom. The molecule has 0 bridgehead atoms. The number of nitrogens with zero attached hydrogens (tertiary/aromatic N) is 1. The fourth-order valence-corrected chi connectivity index (χ4v) is 2.97. The van der Waals surface area contributed by atoms with Crippen molar-refractivity contribution in [3.63, 3.8) is 0 Å². The van der Waals surface area contributed by atoms with Gasteiger partial charge in [-0.2, -0.15) is 0 Å². The largest absolute Gasteiger partial charge is 0.493 e. The molecule has 2 rings (SSSR count). The number of hydrogen-bond donors (Lipinski definition) is 0. The molecule has 3 heteroatoms. The van der Waals surface area contributed by atoms with Crippen molar-refractivity contribution < 1.29 is 9.53 Å². The van der Waals surface area contributed by atoms with Gasteiger partial charge in [0.2, 0.25) is 0 Å². The van der Waals surface area contributed by atoms with Crippen LogP contribution in [0.25, 0.3) is 0 Å². The molecule has 1 saturated heterocycles. The second-order valence-corrected chi connectivity index (χ2v) is 7.14. The molecule has 1 aromatic carbocycles. The molecule has 0 atom stereocenters. The standard InChI is InChI=1S/C20H31NO2/c1-5-12-23-20-7-6-17(15(2)3)13-18(20)19(22)14-21-10-8-16(4)9-11-21/h6-7,13,15-16H,5,8-12,14H2,1-4H3. The van der Waals surface area contributed by atoms with Gasteiger partial charge in [-0.1, -0.05) is 33.8 Å². The molecule has 0 aliphatic carbocycles. The Balaban J connectivity index is 2.13. The van der Waals surface area contributed by atoms with Crippen molar-refractivity contribution >= 4 is 5.78 Å². The van der Waals surface area contributed by atoms with Crippen LogP contribution in [0.2, 0.25) is 0 Å². The third-order valence-electron chi connectivity index (χ3n) is 4.68. The summed E-state index contributed by atoms with van der Waals surface area (Å²) in [5, 5.41) is 0. The topological polar surface area (TPSA) is 29.5 Å². The number of carbonyl (C=O) groups excluding carboxylic acids is 1. The van der Waals surface area contributed by atoms with Crippen LogP contribution in [0.15, 0.2) is 18.2 Å². The number of rotatable bonds is 7. The maximum Gasteiger partial charge on any atom is 0.180 e. The van der Waals surface area contributed by atoms with Crippen LogP contribution in [0.4, 0.5) is 0 Å². The third kappa shape index (κ3) is 5.07. The first-order valence-corrected chi connectivity index (χ1v) is 9.03. The van der Waals surface area contributed by atoms with Gasteiger partial charge in [0.25, 0.3) is 0 Å². The molecule has 0 saturated carbocycles. The minimum absolute atomic E-state index is 0.188. The Morgan fingerprint density at radius 2 is 2.00 bits per heavy atom. The second kappa shape index (κ2) is 8.49. The fourth-order valence-electron chi connectivity index (χ4n) is 2.97. The van der Waals surface area contributed by atoms with Crippen LogP contribution in [-0.2, 0) is 0 Å². The molecule has 0 amide bonds. The lowest BCUT2D eigenvalue weighted by atomic mass is 9.96. The van der Waals surface area contributed by atoms with Crippen molar-refractivity contribution in [1.82, 2.24) is 4.90 Å². The lowest BCUT2D eigenvalue weighted by Crippen LogP contribution is -2.36. The molecule has 0 unspecified atom stereocenters. The number of likely N-dealkylation sites (tertiary alicyclic amines) is 1. The summed E-state index contributed by atoms with van der Waals surface area (Å²) in [7, 11) is 0. The highest BCUT2D eigenvalue weighted by Gasteiger charge is 2.21. The van der Waals surface area contributed by atoms with Crippen molar-refractivity contribution in [2.24, 2.45) is 5.92 Å². The van der Waals surface area contributed by atoms with Gasteiger partial charge in [0.05, 0.1) is 18.7 Å². The predicted molar refractivity (Wildman–Crippen MR) is 95.5 cm³/mol. The number of ketones is 1. The Hall–Kier alpha value is -1.35. The van der Waals surface area contributed by atoms with Gasteiger partial charge in [-0.25, -0.2) is 0 Å². The van der Waals surface area contributed by atoms with E-state index < -0.39 is 0 Å². The maximum absolute atomic E-state index is 12.8. The Bertz CT molecular complexity index is 516. The van der Waals surface area contributed by atoms with Gasteiger partial charge >= 0.3 is 0 Å². The van der Waals surface area contributed by atoms with Crippen molar-refractivity contribution in [3.05, 3.63) is 29.3 Å². The average Bonchev–Trinajstić information content (AvgIpc) is 2.54. The van der Waals surface area contributed by atoms with E-state index in [9.17, 15) is 4.79 Å². The fraction of sp³-hybridized carbons (Fsp3) is 0.650. The lowest BCUT2D eigenvalue weighted by Gasteiger charge is -2.29. The molecule has 3 nitrogen and oxygen atoms in total. The average molecular weight is 317 g/mol. The van der Waals surface area contributed by atoms with E-state index in [1.807, 2.05) is 12.1 Å². The van der Waals surface area contributed by atoms with Crippen LogP contribution < -0.4 is 4.74 Å². The number of hydrogen-bond acceptors (Lipinski definition) is 3. The van der Waals surface area contributed by atoms with Crippen LogP contribution in [0.3, 0.4) is 0 Å². The van der Waals surface area contributed by atoms with Crippen LogP contribution in [0, 0.1) is 5.92 Å². The first kappa shape index (κ1) is 18.0. The van der Waals surface area contributed by atoms with Gasteiger partial charge in [0.15, 0.2) is 5.78 Å². The van der Waals surface area contributed by atoms with Gasteiger partial charge in [-0.15, -0.1) is 0 Å². The number of carbonyl (C=O) groups is 1. The molecule has 1 fully saturated rings. The molecule has 0 aromatic heterocycles. The summed E-state index contributed by atoms with van der Waals surface area (Å²) in [4.78, 5) is 15.1. The molecule has 128 valence electrons. The summed E-state index contributed by atoms with van der Waals surface area (Å²) in [5.74, 6) is 2.13. The molecule has 0 spiro atoms. The van der Waals surface area contributed by atoms with Crippen molar-refractivity contribution in [2.45, 2.75) is 52.9 Å². The van der Waals surface area contributed by atoms with E-state index >= 15 is 0 Å². The van der Waals surface area contributed by atoms with Crippen LogP contribution in [0.5, 0.6) is 5.75 Å². The molecule has 1 aliphatic rings. The number of Topliss-reactive ketones (excluding diaryl/α,β-unsaturated/α-hetero) is 1. The van der Waals surface area contributed by atoms with Gasteiger partial charge in [-0.05, 0) is 61.9 Å². The van der Waals surface area contributed by atoms with Gasteiger partial charge in [-0.3, -0.25) is 9.69 Å². The molecule has 1 aliphatic heterocycles. The van der Waals surface area contributed by atoms with Gasteiger partial charge in [0.1, 0.15) is 5.75 Å². The summed E-state index contributed by atoms with van der Waals surface area (Å²) >= 11 is 0. The minimum Gasteiger partial charge on any atom is -0.493 e. The van der Waals surface area contributed by atoms with E-state index in [2.05, 4.69) is 38.7 Å². The molecular formula is C20H31NO2. The van der Waals surface area contributed by atoms with Crippen LogP contribution >= 0.6 is 0 Å². The first-order valence-electron chi connectivity index (χ1n) is 9.03. The summed E-state index contributed by atoms with van der Waals surface area (Å²) < 4.78 is 5.81. The Labute approximate surface area is 141 Å². The highest BCUT2D eigenvalue weighted by Crippen LogP contribution is 2.26. The van der Waals surface area contributed by atoms with Crippen LogP contribution in [-0.4, -0.2) is 36.9 Å².